The molecule has 0 amide bonds. The van der Waals surface area contributed by atoms with E-state index >= 15 is 0 Å². The summed E-state index contributed by atoms with van der Waals surface area (Å²) in [6, 6.07) is 10.3. The van der Waals surface area contributed by atoms with Crippen molar-refractivity contribution in [1.82, 2.24) is 0 Å². The van der Waals surface area contributed by atoms with Crippen molar-refractivity contribution in [3.8, 4) is 0 Å². The van der Waals surface area contributed by atoms with Crippen molar-refractivity contribution in [2.24, 2.45) is 67.2 Å². The first kappa shape index (κ1) is 36.2. The molecular formula is C43H64N2O6. The van der Waals surface area contributed by atoms with E-state index in [0.29, 0.717) is 11.8 Å². The number of fused-ring (bicyclic) bond motifs is 8. The minimum Gasteiger partial charge on any atom is -0.396 e. The molecule has 7 unspecified atom stereocenters. The second-order valence-corrected chi connectivity index (χ2v) is 20.3. The molecule has 282 valence electrons. The summed E-state index contributed by atoms with van der Waals surface area (Å²) in [5.74, 6) is -2.40. The lowest BCUT2D eigenvalue weighted by molar-refractivity contribution is -0.404. The summed E-state index contributed by atoms with van der Waals surface area (Å²) in [5.41, 5.74) is 7.16. The van der Waals surface area contributed by atoms with Crippen molar-refractivity contribution in [3.05, 3.63) is 42.0 Å². The average molecular weight is 705 g/mol. The molecule has 7 aliphatic rings. The highest BCUT2D eigenvalue weighted by molar-refractivity contribution is 5.91. The molecule has 51 heavy (non-hydrogen) atoms. The van der Waals surface area contributed by atoms with Gasteiger partial charge in [0.25, 0.3) is 0 Å². The SMILES string of the molecule is CC1(C)CC[C@]2([C@H](O)[C@H]3OC4(O)C(CO)[C@H](O)C(O)C34)CC[C@]3(C)C(=CCC4[C@@]5(C)CC/C(=N\Nc6ccccc6)C(C)(C)C5CC[C@]43C)C2C1. The Balaban J connectivity index is 1.11. The molecule has 0 bridgehead atoms. The summed E-state index contributed by atoms with van der Waals surface area (Å²) in [7, 11) is 0. The summed E-state index contributed by atoms with van der Waals surface area (Å²) in [4.78, 5) is 0. The summed E-state index contributed by atoms with van der Waals surface area (Å²) >= 11 is 0. The Morgan fingerprint density at radius 2 is 1.61 bits per heavy atom. The van der Waals surface area contributed by atoms with Crippen molar-refractivity contribution in [1.29, 1.82) is 0 Å². The smallest absolute Gasteiger partial charge is 0.181 e. The third-order valence-electron chi connectivity index (χ3n) is 17.5. The van der Waals surface area contributed by atoms with E-state index in [1.54, 1.807) is 0 Å². The molecule has 0 radical (unpaired) electrons. The van der Waals surface area contributed by atoms with E-state index in [2.05, 4.69) is 72.1 Å². The molecule has 6 fully saturated rings. The standard InChI is InChI=1S/C43H64N2O6/c1-37(2)19-21-42(36(49)35-32-34(48)33(47)28(24-46)43(32,50)51-35)22-20-40(6)26(27(42)23-37)13-14-30-39(5)17-16-31(45-44-25-11-9-8-10-12-25)38(3,4)29(39)15-18-41(30,40)7/h8-13,27-30,32-36,44,46-50H,14-24H2,1-7H3/b45-31+/t27?,28?,29?,30?,32?,33-,34?,35-,36+,39-,40+,41+,42-,43?/m0/s1. The lowest BCUT2D eigenvalue weighted by Crippen LogP contribution is -2.71. The van der Waals surface area contributed by atoms with E-state index in [0.717, 1.165) is 57.1 Å². The molecule has 6 aliphatic carbocycles. The summed E-state index contributed by atoms with van der Waals surface area (Å²) in [6.07, 6.45) is 8.62. The molecule has 5 saturated carbocycles. The van der Waals surface area contributed by atoms with Gasteiger partial charge in [-0.3, -0.25) is 5.43 Å². The lowest BCUT2D eigenvalue weighted by Gasteiger charge is -2.72. The number of nitrogens with zero attached hydrogens (tertiary/aromatic N) is 1. The molecular weight excluding hydrogens is 640 g/mol. The summed E-state index contributed by atoms with van der Waals surface area (Å²) in [5, 5.41) is 60.6. The van der Waals surface area contributed by atoms with Crippen LogP contribution < -0.4 is 5.43 Å². The number of ether oxygens (including phenoxy) is 1. The number of hydrogen-bond acceptors (Lipinski definition) is 8. The first-order valence-corrected chi connectivity index (χ1v) is 20.0. The maximum atomic E-state index is 12.5. The number of hydrazone groups is 1. The van der Waals surface area contributed by atoms with E-state index in [9.17, 15) is 25.5 Å². The Hall–Kier alpha value is -1.81. The molecule has 0 spiro atoms. The average Bonchev–Trinajstić information content (AvgIpc) is 3.20. The maximum Gasteiger partial charge on any atom is 0.181 e. The van der Waals surface area contributed by atoms with Gasteiger partial charge in [0.2, 0.25) is 0 Å². The molecule has 8 heteroatoms. The van der Waals surface area contributed by atoms with Gasteiger partial charge in [-0.15, -0.1) is 0 Å². The molecule has 6 N–H and O–H groups in total. The fourth-order valence-corrected chi connectivity index (χ4v) is 14.3. The second-order valence-electron chi connectivity index (χ2n) is 20.3. The number of aliphatic hydroxyl groups is 5. The minimum atomic E-state index is -1.82. The van der Waals surface area contributed by atoms with Crippen LogP contribution >= 0.6 is 0 Å². The molecule has 1 saturated heterocycles. The Labute approximate surface area is 305 Å². The van der Waals surface area contributed by atoms with Gasteiger partial charge in [-0.1, -0.05) is 78.3 Å². The molecule has 14 atom stereocenters. The zero-order chi connectivity index (χ0) is 36.6. The van der Waals surface area contributed by atoms with Crippen molar-refractivity contribution >= 4 is 11.4 Å². The molecule has 0 aromatic heterocycles. The highest BCUT2D eigenvalue weighted by atomic mass is 16.7. The Morgan fingerprint density at radius 3 is 2.31 bits per heavy atom. The third-order valence-corrected chi connectivity index (χ3v) is 17.5. The molecule has 1 aromatic carbocycles. The van der Waals surface area contributed by atoms with E-state index in [1.807, 2.05) is 18.2 Å². The number of benzene rings is 1. The van der Waals surface area contributed by atoms with Crippen molar-refractivity contribution in [2.75, 3.05) is 12.0 Å². The summed E-state index contributed by atoms with van der Waals surface area (Å²) in [6.45, 7) is 16.9. The van der Waals surface area contributed by atoms with Crippen molar-refractivity contribution in [3.63, 3.8) is 0 Å². The third kappa shape index (κ3) is 4.75. The van der Waals surface area contributed by atoms with Gasteiger partial charge in [0.05, 0.1) is 48.5 Å². The second kappa shape index (κ2) is 11.6. The molecule has 1 aromatic rings. The monoisotopic (exact) mass is 704 g/mol. The zero-order valence-corrected chi connectivity index (χ0v) is 32.0. The minimum absolute atomic E-state index is 0.00909. The van der Waals surface area contributed by atoms with Crippen LogP contribution in [-0.4, -0.2) is 68.1 Å². The van der Waals surface area contributed by atoms with E-state index in [-0.39, 0.29) is 33.0 Å². The van der Waals surface area contributed by atoms with Gasteiger partial charge < -0.3 is 30.3 Å². The van der Waals surface area contributed by atoms with Crippen LogP contribution in [0.3, 0.4) is 0 Å². The number of anilines is 1. The number of hydrogen-bond donors (Lipinski definition) is 6. The number of rotatable bonds is 5. The molecule has 8 nitrogen and oxygen atoms in total. The normalized spacial score (nSPS) is 50.7. The van der Waals surface area contributed by atoms with E-state index in [4.69, 9.17) is 9.84 Å². The number of para-hydroxylation sites is 1. The predicted molar refractivity (Wildman–Crippen MR) is 198 cm³/mol. The van der Waals surface area contributed by atoms with Gasteiger partial charge >= 0.3 is 0 Å². The number of nitrogens with one attached hydrogen (secondary N) is 1. The molecule has 1 heterocycles. The van der Waals surface area contributed by atoms with E-state index in [1.165, 1.54) is 24.1 Å². The van der Waals surface area contributed by atoms with Gasteiger partial charge in [0.1, 0.15) is 0 Å². The van der Waals surface area contributed by atoms with Crippen LogP contribution in [-0.2, 0) is 4.74 Å². The van der Waals surface area contributed by atoms with Crippen LogP contribution in [0.4, 0.5) is 5.69 Å². The Morgan fingerprint density at radius 1 is 0.902 bits per heavy atom. The van der Waals surface area contributed by atoms with Crippen LogP contribution in [0.5, 0.6) is 0 Å². The van der Waals surface area contributed by atoms with Crippen molar-refractivity contribution < 1.29 is 30.3 Å². The highest BCUT2D eigenvalue weighted by Crippen LogP contribution is 2.76. The fourth-order valence-electron chi connectivity index (χ4n) is 14.3. The largest absolute Gasteiger partial charge is 0.396 e. The predicted octanol–water partition coefficient (Wildman–Crippen LogP) is 6.66. The highest BCUT2D eigenvalue weighted by Gasteiger charge is 2.75. The molecule has 1 aliphatic heterocycles. The van der Waals surface area contributed by atoms with Crippen LogP contribution in [0, 0.1) is 62.1 Å². The zero-order valence-electron chi connectivity index (χ0n) is 32.0. The Bertz CT molecular complexity index is 1590. The van der Waals surface area contributed by atoms with Gasteiger partial charge in [-0.05, 0) is 116 Å². The quantitative estimate of drug-likeness (QED) is 0.149. The van der Waals surface area contributed by atoms with Gasteiger partial charge in [-0.2, -0.15) is 5.10 Å². The van der Waals surface area contributed by atoms with E-state index < -0.39 is 54.1 Å². The number of aliphatic hydroxyl groups excluding tert-OH is 4. The first-order chi connectivity index (χ1) is 23.9. The topological polar surface area (TPSA) is 135 Å². The first-order valence-electron chi connectivity index (χ1n) is 20.0. The van der Waals surface area contributed by atoms with Crippen LogP contribution in [0.1, 0.15) is 113 Å². The number of allylic oxidation sites excluding steroid dienone is 2. The summed E-state index contributed by atoms with van der Waals surface area (Å²) < 4.78 is 6.11. The lowest BCUT2D eigenvalue weighted by atomic mass is 9.33. The maximum absolute atomic E-state index is 12.5. The molecule has 8 rings (SSSR count). The van der Waals surface area contributed by atoms with Crippen LogP contribution in [0.25, 0.3) is 0 Å². The van der Waals surface area contributed by atoms with Crippen LogP contribution in [0.2, 0.25) is 0 Å². The van der Waals surface area contributed by atoms with Crippen LogP contribution in [0.15, 0.2) is 47.1 Å². The van der Waals surface area contributed by atoms with Gasteiger partial charge in [0, 0.05) is 16.5 Å². The van der Waals surface area contributed by atoms with Gasteiger partial charge in [0.15, 0.2) is 5.79 Å². The Kier molecular flexibility index (Phi) is 8.23. The van der Waals surface area contributed by atoms with Crippen molar-refractivity contribution in [2.45, 2.75) is 143 Å². The van der Waals surface area contributed by atoms with Gasteiger partial charge in [-0.25, -0.2) is 0 Å². The fraction of sp³-hybridized carbons (Fsp3) is 0.791.